The second kappa shape index (κ2) is 11.9. The number of hydrogen-bond acceptors (Lipinski definition) is 7. The van der Waals surface area contributed by atoms with Gasteiger partial charge in [0.15, 0.2) is 0 Å². The van der Waals surface area contributed by atoms with Gasteiger partial charge in [0.25, 0.3) is 0 Å². The molecule has 0 radical (unpaired) electrons. The largest absolute Gasteiger partial charge is 0.478 e. The normalized spacial score (nSPS) is 12.4. The maximum Gasteiger partial charge on any atom is 0.478 e. The van der Waals surface area contributed by atoms with Gasteiger partial charge in [0, 0.05) is 12.2 Å². The minimum Gasteiger partial charge on any atom is -0.454 e. The van der Waals surface area contributed by atoms with Crippen molar-refractivity contribution in [3.05, 3.63) is 71.8 Å². The third kappa shape index (κ3) is 8.50. The predicted octanol–water partition coefficient (Wildman–Crippen LogP) is 5.62. The zero-order chi connectivity index (χ0) is 20.2. The molecular weight excluding hydrogens is 399 g/mol. The molecular formula is C20H25O6PS. The first kappa shape index (κ1) is 22.5. The van der Waals surface area contributed by atoms with Crippen molar-refractivity contribution in [2.24, 2.45) is 0 Å². The third-order valence-corrected chi connectivity index (χ3v) is 5.25. The predicted molar refractivity (Wildman–Crippen MR) is 111 cm³/mol. The van der Waals surface area contributed by atoms with Gasteiger partial charge < -0.3 is 9.47 Å². The van der Waals surface area contributed by atoms with Crippen LogP contribution in [0.1, 0.15) is 31.4 Å². The molecule has 1 atom stereocenters. The van der Waals surface area contributed by atoms with E-state index in [0.29, 0.717) is 0 Å². The first-order valence-electron chi connectivity index (χ1n) is 8.95. The molecule has 0 amide bonds. The second-order valence-electron chi connectivity index (χ2n) is 5.94. The van der Waals surface area contributed by atoms with E-state index in [9.17, 15) is 4.57 Å². The first-order valence-corrected chi connectivity index (χ1v) is 10.8. The molecule has 1 unspecified atom stereocenters. The Bertz CT molecular complexity index is 708. The van der Waals surface area contributed by atoms with Gasteiger partial charge in [-0.1, -0.05) is 67.6 Å². The van der Waals surface area contributed by atoms with Crippen LogP contribution in [0, 0.1) is 0 Å². The fourth-order valence-electron chi connectivity index (χ4n) is 1.99. The highest BCUT2D eigenvalue weighted by Crippen LogP contribution is 2.50. The third-order valence-electron chi connectivity index (χ3n) is 3.72. The number of benzene rings is 2. The lowest BCUT2D eigenvalue weighted by Crippen LogP contribution is -2.16. The molecule has 0 aliphatic rings. The average Bonchev–Trinajstić information content (AvgIpc) is 2.72. The summed E-state index contributed by atoms with van der Waals surface area (Å²) in [5.74, 6) is 0. The lowest BCUT2D eigenvalue weighted by molar-refractivity contribution is 0.0161. The molecule has 0 aliphatic heterocycles. The van der Waals surface area contributed by atoms with E-state index >= 15 is 0 Å². The SMILES string of the molecule is CCC(C)OC(=S)OCOP(=O)(OCc1ccccc1)OCc1ccccc1. The van der Waals surface area contributed by atoms with E-state index in [4.69, 9.17) is 35.3 Å². The highest BCUT2D eigenvalue weighted by atomic mass is 32.1. The van der Waals surface area contributed by atoms with Crippen molar-refractivity contribution in [2.75, 3.05) is 6.79 Å². The molecule has 28 heavy (non-hydrogen) atoms. The summed E-state index contributed by atoms with van der Waals surface area (Å²) in [6.45, 7) is 3.57. The Kier molecular flexibility index (Phi) is 9.61. The smallest absolute Gasteiger partial charge is 0.454 e. The standard InChI is InChI=1S/C20H25O6PS/c1-3-17(2)26-20(28)22-16-25-27(21,23-14-18-10-6-4-7-11-18)24-15-19-12-8-5-9-13-19/h4-13,17H,3,14-16H2,1-2H3. The van der Waals surface area contributed by atoms with Crippen LogP contribution in [-0.4, -0.2) is 18.1 Å². The lowest BCUT2D eigenvalue weighted by atomic mass is 10.2. The van der Waals surface area contributed by atoms with Gasteiger partial charge in [-0.2, -0.15) is 0 Å². The number of hydrogen-bond donors (Lipinski definition) is 0. The molecule has 0 bridgehead atoms. The molecule has 2 rings (SSSR count). The van der Waals surface area contributed by atoms with Crippen molar-refractivity contribution in [3.8, 4) is 0 Å². The van der Waals surface area contributed by atoms with Crippen molar-refractivity contribution in [2.45, 2.75) is 39.6 Å². The molecule has 0 spiro atoms. The molecule has 0 saturated carbocycles. The zero-order valence-corrected chi connectivity index (χ0v) is 17.7. The van der Waals surface area contributed by atoms with Crippen LogP contribution in [0.5, 0.6) is 0 Å². The Hall–Kier alpha value is -1.76. The van der Waals surface area contributed by atoms with Crippen molar-refractivity contribution >= 4 is 25.3 Å². The van der Waals surface area contributed by atoms with E-state index < -0.39 is 14.6 Å². The van der Waals surface area contributed by atoms with Crippen LogP contribution in [0.15, 0.2) is 60.7 Å². The minimum atomic E-state index is -3.89. The summed E-state index contributed by atoms with van der Waals surface area (Å²) in [4.78, 5) is 0. The summed E-state index contributed by atoms with van der Waals surface area (Å²) in [7, 11) is -3.89. The van der Waals surface area contributed by atoms with E-state index in [1.54, 1.807) is 0 Å². The summed E-state index contributed by atoms with van der Waals surface area (Å²) in [6, 6.07) is 18.6. The van der Waals surface area contributed by atoms with Crippen LogP contribution < -0.4 is 0 Å². The Morgan fingerprint density at radius 3 is 1.89 bits per heavy atom. The monoisotopic (exact) mass is 424 g/mol. The van der Waals surface area contributed by atoms with E-state index in [-0.39, 0.29) is 24.6 Å². The second-order valence-corrected chi connectivity index (χ2v) is 7.95. The zero-order valence-electron chi connectivity index (χ0n) is 16.0. The maximum atomic E-state index is 13.0. The van der Waals surface area contributed by atoms with Crippen LogP contribution in [0.25, 0.3) is 0 Å². The Balaban J connectivity index is 1.92. The highest BCUT2D eigenvalue weighted by molar-refractivity contribution is 7.79. The minimum absolute atomic E-state index is 0.0702. The molecule has 6 nitrogen and oxygen atoms in total. The van der Waals surface area contributed by atoms with Gasteiger partial charge in [-0.15, -0.1) is 0 Å². The molecule has 2 aromatic carbocycles. The summed E-state index contributed by atoms with van der Waals surface area (Å²) < 4.78 is 39.7. The molecule has 0 aromatic heterocycles. The number of rotatable bonds is 11. The Labute approximate surface area is 171 Å². The van der Waals surface area contributed by atoms with Crippen LogP contribution in [0.4, 0.5) is 0 Å². The van der Waals surface area contributed by atoms with Crippen LogP contribution in [0.3, 0.4) is 0 Å². The fraction of sp³-hybridized carbons (Fsp3) is 0.350. The molecule has 152 valence electrons. The fourth-order valence-corrected chi connectivity index (χ4v) is 3.22. The van der Waals surface area contributed by atoms with Crippen molar-refractivity contribution in [1.82, 2.24) is 0 Å². The van der Waals surface area contributed by atoms with E-state index in [1.165, 1.54) is 0 Å². The molecule has 0 saturated heterocycles. The number of phosphoric ester groups is 1. The van der Waals surface area contributed by atoms with E-state index in [1.807, 2.05) is 74.5 Å². The molecule has 0 heterocycles. The summed E-state index contributed by atoms with van der Waals surface area (Å²) in [6.07, 6.45) is 0.700. The number of thiocarbonyl (C=S) groups is 1. The van der Waals surface area contributed by atoms with Gasteiger partial charge in [0.05, 0.1) is 19.3 Å². The topological polar surface area (TPSA) is 63.2 Å². The van der Waals surface area contributed by atoms with Gasteiger partial charge >= 0.3 is 13.1 Å². The average molecular weight is 424 g/mol. The van der Waals surface area contributed by atoms with Gasteiger partial charge in [0.2, 0.25) is 6.79 Å². The van der Waals surface area contributed by atoms with Gasteiger partial charge in [-0.05, 0) is 24.5 Å². The molecule has 8 heteroatoms. The van der Waals surface area contributed by atoms with Crippen molar-refractivity contribution in [1.29, 1.82) is 0 Å². The molecule has 0 aliphatic carbocycles. The first-order chi connectivity index (χ1) is 13.5. The highest BCUT2D eigenvalue weighted by Gasteiger charge is 2.28. The number of phosphoric acid groups is 1. The van der Waals surface area contributed by atoms with Gasteiger partial charge in [-0.3, -0.25) is 9.05 Å². The van der Waals surface area contributed by atoms with Crippen molar-refractivity contribution < 1.29 is 27.6 Å². The summed E-state index contributed by atoms with van der Waals surface area (Å²) in [5, 5.41) is -0.0768. The number of ether oxygens (including phenoxy) is 2. The molecule has 0 N–H and O–H groups in total. The van der Waals surface area contributed by atoms with E-state index in [0.717, 1.165) is 17.5 Å². The van der Waals surface area contributed by atoms with E-state index in [2.05, 4.69) is 0 Å². The quantitative estimate of drug-likeness (QED) is 0.264. The Morgan fingerprint density at radius 2 is 1.43 bits per heavy atom. The van der Waals surface area contributed by atoms with Crippen molar-refractivity contribution in [3.63, 3.8) is 0 Å². The summed E-state index contributed by atoms with van der Waals surface area (Å²) >= 11 is 4.97. The Morgan fingerprint density at radius 1 is 0.929 bits per heavy atom. The van der Waals surface area contributed by atoms with Crippen LogP contribution in [0.2, 0.25) is 0 Å². The lowest BCUT2D eigenvalue weighted by Gasteiger charge is -2.19. The van der Waals surface area contributed by atoms with Crippen LogP contribution in [-0.2, 0) is 40.8 Å². The van der Waals surface area contributed by atoms with Gasteiger partial charge in [0.1, 0.15) is 0 Å². The summed E-state index contributed by atoms with van der Waals surface area (Å²) in [5.41, 5.74) is 1.68. The van der Waals surface area contributed by atoms with Gasteiger partial charge in [-0.25, -0.2) is 9.09 Å². The molecule has 0 fully saturated rings. The molecule has 2 aromatic rings. The maximum absolute atomic E-state index is 13.0. The van der Waals surface area contributed by atoms with Crippen LogP contribution >= 0.6 is 20.0 Å².